The number of aliphatic imine (C=N–C) groups is 1. The zero-order valence-electron chi connectivity index (χ0n) is 14.8. The first-order valence-corrected chi connectivity index (χ1v) is 9.42. The summed E-state index contributed by atoms with van der Waals surface area (Å²) in [7, 11) is -3.00. The lowest BCUT2D eigenvalue weighted by Crippen LogP contribution is -2.23. The van der Waals surface area contributed by atoms with Gasteiger partial charge in [-0.15, -0.1) is 0 Å². The highest BCUT2D eigenvalue weighted by Crippen LogP contribution is 2.47. The molecule has 0 fully saturated rings. The van der Waals surface area contributed by atoms with Gasteiger partial charge in [0.15, 0.2) is 5.71 Å². The number of carboxylic acids is 1. The number of amides is 1. The molecule has 0 radical (unpaired) electrons. The lowest BCUT2D eigenvalue weighted by Gasteiger charge is -2.24. The number of carbonyl (C=O) groups is 2. The predicted octanol–water partition coefficient (Wildman–Crippen LogP) is 2.91. The summed E-state index contributed by atoms with van der Waals surface area (Å²) >= 11 is 0. The molecule has 2 rings (SSSR count). The minimum absolute atomic E-state index is 0.202. The van der Waals surface area contributed by atoms with E-state index in [1.165, 1.54) is 19.2 Å². The fourth-order valence-electron chi connectivity index (χ4n) is 2.05. The van der Waals surface area contributed by atoms with Gasteiger partial charge in [0.1, 0.15) is 6.61 Å². The van der Waals surface area contributed by atoms with Gasteiger partial charge in [0.2, 0.25) is 0 Å². The largest absolute Gasteiger partial charge is 0.477 e. The molecular formula is C18H19N2O6P. The summed E-state index contributed by atoms with van der Waals surface area (Å²) in [5, 5.41) is 9.22. The Bertz CT molecular complexity index is 896. The van der Waals surface area contributed by atoms with Gasteiger partial charge in [0, 0.05) is 18.3 Å². The average molecular weight is 390 g/mol. The van der Waals surface area contributed by atoms with Gasteiger partial charge in [-0.1, -0.05) is 35.9 Å². The minimum Gasteiger partial charge on any atom is -0.477 e. The van der Waals surface area contributed by atoms with Gasteiger partial charge in [-0.25, -0.2) is 14.4 Å². The number of anilines is 1. The minimum atomic E-state index is -4.34. The van der Waals surface area contributed by atoms with Crippen LogP contribution in [0, 0.1) is 6.92 Å². The number of carboxylic acid groups (broad SMARTS) is 1. The summed E-state index contributed by atoms with van der Waals surface area (Å²) in [6.45, 7) is 1.04. The molecule has 8 nitrogen and oxygen atoms in total. The van der Waals surface area contributed by atoms with Crippen LogP contribution in [-0.2, 0) is 13.9 Å². The summed E-state index contributed by atoms with van der Waals surface area (Å²) < 4.78 is 18.3. The van der Waals surface area contributed by atoms with E-state index in [0.29, 0.717) is 5.69 Å². The van der Waals surface area contributed by atoms with E-state index < -0.39 is 31.9 Å². The third-order valence-corrected chi connectivity index (χ3v) is 5.11. The van der Waals surface area contributed by atoms with Crippen LogP contribution in [0.1, 0.15) is 15.9 Å². The van der Waals surface area contributed by atoms with Gasteiger partial charge in [-0.05, 0) is 31.2 Å². The van der Waals surface area contributed by atoms with Crippen LogP contribution in [0.3, 0.4) is 0 Å². The van der Waals surface area contributed by atoms with E-state index in [4.69, 9.17) is 4.52 Å². The van der Waals surface area contributed by atoms with E-state index in [0.717, 1.165) is 10.2 Å². The molecule has 0 saturated carbocycles. The van der Waals surface area contributed by atoms with Crippen molar-refractivity contribution in [1.29, 1.82) is 0 Å². The van der Waals surface area contributed by atoms with Crippen molar-refractivity contribution in [2.45, 2.75) is 6.92 Å². The third kappa shape index (κ3) is 5.59. The Morgan fingerprint density at radius 1 is 1.11 bits per heavy atom. The summed E-state index contributed by atoms with van der Waals surface area (Å²) in [6, 6.07) is 14.7. The number of rotatable bonds is 7. The number of benzene rings is 2. The summed E-state index contributed by atoms with van der Waals surface area (Å²) in [4.78, 5) is 37.0. The Labute approximate surface area is 156 Å². The fraction of sp³-hybridized carbons (Fsp3) is 0.167. The molecule has 1 atom stereocenters. The number of hydrogen-bond acceptors (Lipinski definition) is 4. The Kier molecular flexibility index (Phi) is 6.63. The fourth-order valence-corrected chi connectivity index (χ4v) is 2.94. The first-order valence-electron chi connectivity index (χ1n) is 7.89. The van der Waals surface area contributed by atoms with E-state index in [2.05, 4.69) is 4.99 Å². The second-order valence-electron chi connectivity index (χ2n) is 5.66. The first kappa shape index (κ1) is 20.5. The van der Waals surface area contributed by atoms with Crippen molar-refractivity contribution in [3.05, 3.63) is 65.7 Å². The second-order valence-corrected chi connectivity index (χ2v) is 7.50. The molecule has 0 aromatic heterocycles. The topological polar surface area (TPSA) is 116 Å². The lowest BCUT2D eigenvalue weighted by molar-refractivity contribution is -0.129. The van der Waals surface area contributed by atoms with Crippen LogP contribution in [0.15, 0.2) is 59.6 Å². The van der Waals surface area contributed by atoms with E-state index in [1.54, 1.807) is 42.5 Å². The number of hydrogen-bond donors (Lipinski definition) is 2. The molecule has 1 unspecified atom stereocenters. The molecule has 142 valence electrons. The zero-order chi connectivity index (χ0) is 20.0. The van der Waals surface area contributed by atoms with Crippen molar-refractivity contribution in [2.24, 2.45) is 4.99 Å². The van der Waals surface area contributed by atoms with Gasteiger partial charge in [0.25, 0.3) is 5.91 Å². The number of aliphatic carboxylic acids is 1. The first-order chi connectivity index (χ1) is 12.7. The number of para-hydroxylation sites is 1. The average Bonchev–Trinajstić information content (AvgIpc) is 2.65. The van der Waals surface area contributed by atoms with Gasteiger partial charge < -0.3 is 10.00 Å². The highest BCUT2D eigenvalue weighted by molar-refractivity contribution is 7.54. The summed E-state index contributed by atoms with van der Waals surface area (Å²) in [6.07, 6.45) is 0. The van der Waals surface area contributed by atoms with Crippen LogP contribution in [0.2, 0.25) is 0 Å². The quantitative estimate of drug-likeness (QED) is 0.551. The molecule has 27 heavy (non-hydrogen) atoms. The van der Waals surface area contributed by atoms with Gasteiger partial charge in [-0.3, -0.25) is 14.0 Å². The Morgan fingerprint density at radius 2 is 1.70 bits per heavy atom. The third-order valence-electron chi connectivity index (χ3n) is 3.66. The molecular weight excluding hydrogens is 371 g/mol. The molecule has 9 heteroatoms. The normalized spacial score (nSPS) is 13.7. The molecule has 0 aliphatic carbocycles. The Hall–Kier alpha value is -2.80. The molecule has 0 bridgehead atoms. The van der Waals surface area contributed by atoms with Crippen molar-refractivity contribution < 1.29 is 28.7 Å². The van der Waals surface area contributed by atoms with Crippen LogP contribution < -0.4 is 4.67 Å². The van der Waals surface area contributed by atoms with E-state index >= 15 is 0 Å². The molecule has 0 aliphatic rings. The number of nitrogens with zero attached hydrogens (tertiary/aromatic N) is 2. The number of aryl methyl sites for hydroxylation is 1. The Balaban J connectivity index is 2.13. The maximum Gasteiger partial charge on any atom is 0.432 e. The van der Waals surface area contributed by atoms with Crippen LogP contribution in [0.4, 0.5) is 5.69 Å². The summed E-state index contributed by atoms with van der Waals surface area (Å²) in [5.74, 6) is -2.29. The molecule has 0 heterocycles. The van der Waals surface area contributed by atoms with Crippen LogP contribution in [0.5, 0.6) is 0 Å². The molecule has 2 aromatic rings. The van der Waals surface area contributed by atoms with Crippen molar-refractivity contribution >= 4 is 31.0 Å². The molecule has 0 spiro atoms. The van der Waals surface area contributed by atoms with E-state index in [9.17, 15) is 24.2 Å². The van der Waals surface area contributed by atoms with Gasteiger partial charge >= 0.3 is 13.7 Å². The molecule has 0 saturated heterocycles. The maximum absolute atomic E-state index is 12.4. The van der Waals surface area contributed by atoms with Crippen LogP contribution in [0.25, 0.3) is 0 Å². The van der Waals surface area contributed by atoms with Crippen molar-refractivity contribution in [2.75, 3.05) is 18.3 Å². The van der Waals surface area contributed by atoms with Gasteiger partial charge in [0.05, 0.1) is 0 Å². The van der Waals surface area contributed by atoms with Crippen LogP contribution >= 0.6 is 7.75 Å². The zero-order valence-corrected chi connectivity index (χ0v) is 15.7. The maximum atomic E-state index is 12.4. The van der Waals surface area contributed by atoms with Crippen molar-refractivity contribution in [1.82, 2.24) is 0 Å². The molecule has 0 aliphatic heterocycles. The van der Waals surface area contributed by atoms with Crippen molar-refractivity contribution in [3.8, 4) is 0 Å². The summed E-state index contributed by atoms with van der Waals surface area (Å²) in [5.41, 5.74) is 0.875. The number of carbonyl (C=O) groups excluding carboxylic acids is 1. The van der Waals surface area contributed by atoms with E-state index in [-0.39, 0.29) is 5.56 Å². The monoisotopic (exact) mass is 390 g/mol. The smallest absolute Gasteiger partial charge is 0.432 e. The van der Waals surface area contributed by atoms with Crippen molar-refractivity contribution in [3.63, 3.8) is 0 Å². The second kappa shape index (κ2) is 8.73. The standard InChI is InChI=1S/C18H19N2O6P/c1-13-8-10-14(11-9-13)17(21)19-16(18(22)23)12-26-27(24,25)20(2)15-6-4-3-5-7-15/h3-11H,12H2,1-2H3,(H,22,23)(H,24,25). The van der Waals surface area contributed by atoms with E-state index in [1.807, 2.05) is 6.92 Å². The Morgan fingerprint density at radius 3 is 2.26 bits per heavy atom. The molecule has 1 amide bonds. The highest BCUT2D eigenvalue weighted by Gasteiger charge is 2.28. The van der Waals surface area contributed by atoms with Crippen LogP contribution in [-0.4, -0.2) is 41.2 Å². The molecule has 2 N–H and O–H groups in total. The highest BCUT2D eigenvalue weighted by atomic mass is 31.2. The predicted molar refractivity (Wildman–Crippen MR) is 101 cm³/mol. The molecule has 2 aromatic carbocycles. The van der Waals surface area contributed by atoms with Gasteiger partial charge in [-0.2, -0.15) is 0 Å². The lowest BCUT2D eigenvalue weighted by atomic mass is 10.1. The SMILES string of the molecule is Cc1ccc(C(=O)N=C(COP(=O)(O)N(C)c2ccccc2)C(=O)O)cc1.